The van der Waals surface area contributed by atoms with E-state index in [1.165, 1.54) is 0 Å². The molecule has 0 bridgehead atoms. The number of H-pyrrole nitrogens is 1. The van der Waals surface area contributed by atoms with Gasteiger partial charge in [0.15, 0.2) is 5.82 Å². The van der Waals surface area contributed by atoms with Gasteiger partial charge < -0.3 is 19.5 Å². The second-order valence-corrected chi connectivity index (χ2v) is 8.48. The van der Waals surface area contributed by atoms with E-state index < -0.39 is 0 Å². The third-order valence-corrected chi connectivity index (χ3v) is 5.29. The fourth-order valence-corrected chi connectivity index (χ4v) is 4.01. The molecule has 2 amide bonds. The van der Waals surface area contributed by atoms with Crippen LogP contribution in [0.25, 0.3) is 0 Å². The number of aromatic nitrogens is 3. The lowest BCUT2D eigenvalue weighted by molar-refractivity contribution is -0.115. The third-order valence-electron chi connectivity index (χ3n) is 5.29. The maximum atomic E-state index is 12.5. The van der Waals surface area contributed by atoms with Gasteiger partial charge in [-0.3, -0.25) is 9.89 Å². The van der Waals surface area contributed by atoms with Crippen LogP contribution < -0.4 is 5.32 Å². The summed E-state index contributed by atoms with van der Waals surface area (Å²) in [5.74, 6) is 0.977. The Balaban J connectivity index is 1.51. The summed E-state index contributed by atoms with van der Waals surface area (Å²) >= 11 is 0. The first-order valence-electron chi connectivity index (χ1n) is 10.5. The molecule has 30 heavy (non-hydrogen) atoms. The number of nitrogens with one attached hydrogen (secondary N) is 2. The van der Waals surface area contributed by atoms with Gasteiger partial charge in [-0.2, -0.15) is 5.10 Å². The van der Waals surface area contributed by atoms with Crippen molar-refractivity contribution in [2.24, 2.45) is 0 Å². The molecule has 2 aromatic rings. The summed E-state index contributed by atoms with van der Waals surface area (Å²) in [7, 11) is 0. The number of rotatable bonds is 7. The minimum Gasteiger partial charge on any atom is -0.446 e. The highest BCUT2D eigenvalue weighted by molar-refractivity contribution is 5.91. The fraction of sp³-hybridized carbons (Fsp3) is 0.619. The monoisotopic (exact) mass is 417 g/mol. The maximum absolute atomic E-state index is 12.5. The Morgan fingerprint density at radius 2 is 2.00 bits per heavy atom. The van der Waals surface area contributed by atoms with Crippen molar-refractivity contribution in [2.45, 2.75) is 84.4 Å². The second kappa shape index (κ2) is 9.32. The first-order chi connectivity index (χ1) is 14.2. The van der Waals surface area contributed by atoms with Crippen LogP contribution in [0.1, 0.15) is 70.0 Å². The molecule has 0 aliphatic heterocycles. The predicted octanol–water partition coefficient (Wildman–Crippen LogP) is 3.78. The van der Waals surface area contributed by atoms with Crippen LogP contribution in [0.15, 0.2) is 16.7 Å². The normalized spacial score (nSPS) is 18.8. The molecule has 9 heteroatoms. The standard InChI is InChI=1S/C21H31N5O4/c1-12(2)26(13(3)4)21(28)29-16-7-6-15(9-16)18-11-19(24-23-18)22-20(27)10-17-8-14(5)25-30-17/h8,11-13,15-16H,6-7,9-10H2,1-5H3,(H2,22,23,24,27)/t15-,16+/m0/s1. The molecule has 3 rings (SSSR count). The molecule has 0 saturated heterocycles. The highest BCUT2D eigenvalue weighted by atomic mass is 16.6. The Morgan fingerprint density at radius 3 is 2.63 bits per heavy atom. The molecular weight excluding hydrogens is 386 g/mol. The van der Waals surface area contributed by atoms with Crippen molar-refractivity contribution in [2.75, 3.05) is 5.32 Å². The van der Waals surface area contributed by atoms with E-state index in [9.17, 15) is 9.59 Å². The number of aromatic amines is 1. The van der Waals surface area contributed by atoms with Crippen LogP contribution in [0, 0.1) is 6.92 Å². The van der Waals surface area contributed by atoms with E-state index in [0.717, 1.165) is 30.7 Å². The average molecular weight is 418 g/mol. The summed E-state index contributed by atoms with van der Waals surface area (Å²) in [5.41, 5.74) is 1.67. The molecule has 0 aromatic carbocycles. The molecule has 1 aliphatic carbocycles. The number of carbonyl (C=O) groups excluding carboxylic acids is 2. The highest BCUT2D eigenvalue weighted by Gasteiger charge is 2.32. The van der Waals surface area contributed by atoms with E-state index >= 15 is 0 Å². The molecule has 0 spiro atoms. The molecule has 2 heterocycles. The lowest BCUT2D eigenvalue weighted by atomic mass is 10.0. The van der Waals surface area contributed by atoms with Crippen LogP contribution in [0.3, 0.4) is 0 Å². The van der Waals surface area contributed by atoms with Gasteiger partial charge in [0.1, 0.15) is 11.9 Å². The van der Waals surface area contributed by atoms with Gasteiger partial charge in [0.2, 0.25) is 5.91 Å². The molecule has 2 atom stereocenters. The van der Waals surface area contributed by atoms with Crippen molar-refractivity contribution in [3.05, 3.63) is 29.3 Å². The van der Waals surface area contributed by atoms with Crippen molar-refractivity contribution >= 4 is 17.8 Å². The molecule has 0 unspecified atom stereocenters. The molecule has 1 fully saturated rings. The molecule has 164 valence electrons. The lowest BCUT2D eigenvalue weighted by Crippen LogP contribution is -2.43. The minimum atomic E-state index is -0.258. The number of carbonyl (C=O) groups is 2. The Morgan fingerprint density at radius 1 is 1.27 bits per heavy atom. The van der Waals surface area contributed by atoms with Crippen LogP contribution in [0.2, 0.25) is 0 Å². The van der Waals surface area contributed by atoms with E-state index in [1.807, 2.05) is 33.8 Å². The van der Waals surface area contributed by atoms with E-state index in [4.69, 9.17) is 9.26 Å². The second-order valence-electron chi connectivity index (χ2n) is 8.48. The zero-order valence-electron chi connectivity index (χ0n) is 18.3. The van der Waals surface area contributed by atoms with Gasteiger partial charge in [0.05, 0.1) is 12.1 Å². The van der Waals surface area contributed by atoms with Crippen molar-refractivity contribution in [1.82, 2.24) is 20.3 Å². The first-order valence-corrected chi connectivity index (χ1v) is 10.5. The number of aryl methyl sites for hydroxylation is 1. The molecular formula is C21H31N5O4. The summed E-state index contributed by atoms with van der Waals surface area (Å²) in [4.78, 5) is 26.4. The number of hydrogen-bond donors (Lipinski definition) is 2. The predicted molar refractivity (Wildman–Crippen MR) is 111 cm³/mol. The van der Waals surface area contributed by atoms with Crippen LogP contribution >= 0.6 is 0 Å². The molecule has 1 aliphatic rings. The SMILES string of the molecule is Cc1cc(CC(=O)Nc2cc([C@H]3CC[C@@H](OC(=O)N(C(C)C)C(C)C)C3)[nH]n2)on1. The first kappa shape index (κ1) is 21.9. The number of anilines is 1. The van der Waals surface area contributed by atoms with Crippen molar-refractivity contribution in [1.29, 1.82) is 0 Å². The van der Waals surface area contributed by atoms with Gasteiger partial charge in [0, 0.05) is 35.8 Å². The van der Waals surface area contributed by atoms with Gasteiger partial charge in [-0.05, 0) is 53.9 Å². The fourth-order valence-electron chi connectivity index (χ4n) is 4.01. The largest absolute Gasteiger partial charge is 0.446 e. The van der Waals surface area contributed by atoms with E-state index in [0.29, 0.717) is 11.6 Å². The third kappa shape index (κ3) is 5.40. The zero-order valence-corrected chi connectivity index (χ0v) is 18.3. The van der Waals surface area contributed by atoms with E-state index in [2.05, 4.69) is 20.7 Å². The van der Waals surface area contributed by atoms with Crippen molar-refractivity contribution in [3.63, 3.8) is 0 Å². The summed E-state index contributed by atoms with van der Waals surface area (Å²) < 4.78 is 10.8. The van der Waals surface area contributed by atoms with E-state index in [1.54, 1.807) is 17.9 Å². The van der Waals surface area contributed by atoms with Gasteiger partial charge in [0.25, 0.3) is 0 Å². The number of hydrogen-bond acceptors (Lipinski definition) is 6. The van der Waals surface area contributed by atoms with Gasteiger partial charge >= 0.3 is 6.09 Å². The van der Waals surface area contributed by atoms with Crippen molar-refractivity contribution in [3.8, 4) is 0 Å². The quantitative estimate of drug-likeness (QED) is 0.709. The highest BCUT2D eigenvalue weighted by Crippen LogP contribution is 2.36. The van der Waals surface area contributed by atoms with Crippen molar-refractivity contribution < 1.29 is 18.8 Å². The zero-order chi connectivity index (χ0) is 21.8. The van der Waals surface area contributed by atoms with Gasteiger partial charge in [-0.25, -0.2) is 4.79 Å². The van der Waals surface area contributed by atoms with Crippen LogP contribution in [0.4, 0.5) is 10.6 Å². The molecule has 9 nitrogen and oxygen atoms in total. The van der Waals surface area contributed by atoms with Gasteiger partial charge in [-0.15, -0.1) is 0 Å². The van der Waals surface area contributed by atoms with E-state index in [-0.39, 0.29) is 42.5 Å². The summed E-state index contributed by atoms with van der Waals surface area (Å²) in [5, 5.41) is 13.7. The molecule has 2 N–H and O–H groups in total. The smallest absolute Gasteiger partial charge is 0.410 e. The summed E-state index contributed by atoms with van der Waals surface area (Å²) in [6.45, 7) is 9.76. The van der Waals surface area contributed by atoms with Crippen LogP contribution in [0.5, 0.6) is 0 Å². The molecule has 1 saturated carbocycles. The number of nitrogens with zero attached hydrogens (tertiary/aromatic N) is 3. The van der Waals surface area contributed by atoms with Gasteiger partial charge in [-0.1, -0.05) is 5.16 Å². The molecule has 2 aromatic heterocycles. The Labute approximate surface area is 176 Å². The summed E-state index contributed by atoms with van der Waals surface area (Å²) in [6.07, 6.45) is 2.18. The van der Waals surface area contributed by atoms with Crippen LogP contribution in [-0.4, -0.2) is 50.4 Å². The van der Waals surface area contributed by atoms with Crippen LogP contribution in [-0.2, 0) is 16.0 Å². The average Bonchev–Trinajstić information content (AvgIpc) is 3.36. The number of ether oxygens (including phenoxy) is 1. The number of amides is 2. The Kier molecular flexibility index (Phi) is 6.79. The maximum Gasteiger partial charge on any atom is 0.410 e. The Bertz CT molecular complexity index is 864. The minimum absolute atomic E-state index is 0.0920. The molecule has 0 radical (unpaired) electrons. The lowest BCUT2D eigenvalue weighted by Gasteiger charge is -2.31. The summed E-state index contributed by atoms with van der Waals surface area (Å²) in [6, 6.07) is 3.76. The topological polar surface area (TPSA) is 113 Å². The Hall–Kier alpha value is -2.84.